The number of hydrogen-bond acceptors (Lipinski definition) is 1. The molecule has 0 bridgehead atoms. The molecule has 1 fully saturated rings. The van der Waals surface area contributed by atoms with Crippen LogP contribution in [0.4, 0.5) is 4.39 Å². The van der Waals surface area contributed by atoms with Crippen LogP contribution in [0.1, 0.15) is 31.2 Å². The Bertz CT molecular complexity index is 372. The minimum Gasteiger partial charge on any atom is -0.396 e. The number of benzene rings is 1. The van der Waals surface area contributed by atoms with E-state index >= 15 is 0 Å². The largest absolute Gasteiger partial charge is 0.396 e. The SMILES string of the molecule is OCC1(Cc2cccc(F)c2Cl)CCCC1. The molecule has 2 rings (SSSR count). The average Bonchev–Trinajstić information content (AvgIpc) is 2.74. The van der Waals surface area contributed by atoms with E-state index in [1.54, 1.807) is 6.07 Å². The maximum absolute atomic E-state index is 13.3. The Morgan fingerprint density at radius 1 is 1.31 bits per heavy atom. The number of rotatable bonds is 3. The van der Waals surface area contributed by atoms with Crippen molar-refractivity contribution >= 4 is 11.6 Å². The Hall–Kier alpha value is -0.600. The van der Waals surface area contributed by atoms with Crippen molar-refractivity contribution in [2.75, 3.05) is 6.61 Å². The molecule has 0 spiro atoms. The first-order chi connectivity index (χ1) is 7.67. The quantitative estimate of drug-likeness (QED) is 0.859. The van der Waals surface area contributed by atoms with Gasteiger partial charge in [-0.25, -0.2) is 4.39 Å². The Morgan fingerprint density at radius 2 is 2.00 bits per heavy atom. The van der Waals surface area contributed by atoms with Crippen molar-refractivity contribution in [1.29, 1.82) is 0 Å². The van der Waals surface area contributed by atoms with Crippen LogP contribution in [0.3, 0.4) is 0 Å². The maximum atomic E-state index is 13.3. The Labute approximate surface area is 100 Å². The second-order valence-electron chi connectivity index (χ2n) is 4.75. The molecule has 0 radical (unpaired) electrons. The molecule has 0 saturated heterocycles. The first kappa shape index (κ1) is 11.9. The molecule has 1 aliphatic carbocycles. The fraction of sp³-hybridized carbons (Fsp3) is 0.538. The fourth-order valence-corrected chi connectivity index (χ4v) is 2.80. The van der Waals surface area contributed by atoms with Gasteiger partial charge in [0.05, 0.1) is 5.02 Å². The number of aliphatic hydroxyl groups excluding tert-OH is 1. The van der Waals surface area contributed by atoms with Gasteiger partial charge in [-0.3, -0.25) is 0 Å². The van der Waals surface area contributed by atoms with Crippen molar-refractivity contribution < 1.29 is 9.50 Å². The highest BCUT2D eigenvalue weighted by Gasteiger charge is 2.33. The van der Waals surface area contributed by atoms with Crippen LogP contribution in [0.25, 0.3) is 0 Å². The summed E-state index contributed by atoms with van der Waals surface area (Å²) in [6, 6.07) is 4.89. The zero-order valence-electron chi connectivity index (χ0n) is 9.18. The second kappa shape index (κ2) is 4.72. The van der Waals surface area contributed by atoms with Gasteiger partial charge in [-0.15, -0.1) is 0 Å². The number of aliphatic hydroxyl groups is 1. The van der Waals surface area contributed by atoms with E-state index in [1.165, 1.54) is 6.07 Å². The van der Waals surface area contributed by atoms with Gasteiger partial charge in [-0.1, -0.05) is 36.6 Å². The van der Waals surface area contributed by atoms with Gasteiger partial charge in [0.25, 0.3) is 0 Å². The van der Waals surface area contributed by atoms with Crippen molar-refractivity contribution in [3.63, 3.8) is 0 Å². The van der Waals surface area contributed by atoms with E-state index in [1.807, 2.05) is 6.07 Å². The molecule has 0 aromatic heterocycles. The van der Waals surface area contributed by atoms with Crippen LogP contribution in [-0.2, 0) is 6.42 Å². The van der Waals surface area contributed by atoms with Gasteiger partial charge >= 0.3 is 0 Å². The molecule has 0 aliphatic heterocycles. The first-order valence-electron chi connectivity index (χ1n) is 5.71. The van der Waals surface area contributed by atoms with E-state index in [4.69, 9.17) is 11.6 Å². The molecule has 0 heterocycles. The van der Waals surface area contributed by atoms with Crippen molar-refractivity contribution in [2.45, 2.75) is 32.1 Å². The highest BCUT2D eigenvalue weighted by atomic mass is 35.5. The summed E-state index contributed by atoms with van der Waals surface area (Å²) < 4.78 is 13.3. The van der Waals surface area contributed by atoms with E-state index < -0.39 is 0 Å². The summed E-state index contributed by atoms with van der Waals surface area (Å²) in [5, 5.41) is 9.71. The molecule has 3 heteroatoms. The normalized spacial score (nSPS) is 18.9. The highest BCUT2D eigenvalue weighted by Crippen LogP contribution is 2.41. The lowest BCUT2D eigenvalue weighted by atomic mass is 9.81. The molecule has 0 amide bonds. The second-order valence-corrected chi connectivity index (χ2v) is 5.13. The molecule has 1 aromatic carbocycles. The topological polar surface area (TPSA) is 20.2 Å². The van der Waals surface area contributed by atoms with Crippen LogP contribution in [0.2, 0.25) is 5.02 Å². The summed E-state index contributed by atoms with van der Waals surface area (Å²) in [4.78, 5) is 0. The van der Waals surface area contributed by atoms with Crippen LogP contribution in [0.15, 0.2) is 18.2 Å². The monoisotopic (exact) mass is 242 g/mol. The third kappa shape index (κ3) is 2.23. The molecule has 0 atom stereocenters. The van der Waals surface area contributed by atoms with E-state index in [-0.39, 0.29) is 22.9 Å². The summed E-state index contributed by atoms with van der Waals surface area (Å²) in [5.74, 6) is -0.370. The van der Waals surface area contributed by atoms with E-state index in [0.717, 1.165) is 31.2 Å². The van der Waals surface area contributed by atoms with Gasteiger partial charge in [0.2, 0.25) is 0 Å². The predicted molar refractivity (Wildman–Crippen MR) is 63.1 cm³/mol. The summed E-state index contributed by atoms with van der Waals surface area (Å²) >= 11 is 5.93. The molecular formula is C13H16ClFO. The third-order valence-corrected chi connectivity index (χ3v) is 4.02. The van der Waals surface area contributed by atoms with Crippen molar-refractivity contribution in [1.82, 2.24) is 0 Å². The number of halogens is 2. The lowest BCUT2D eigenvalue weighted by molar-refractivity contribution is 0.130. The lowest BCUT2D eigenvalue weighted by Gasteiger charge is -2.26. The summed E-state index contributed by atoms with van der Waals surface area (Å²) in [6.07, 6.45) is 4.99. The maximum Gasteiger partial charge on any atom is 0.142 e. The van der Waals surface area contributed by atoms with E-state index in [0.29, 0.717) is 6.42 Å². The molecule has 1 N–H and O–H groups in total. The van der Waals surface area contributed by atoms with Crippen LogP contribution in [-0.4, -0.2) is 11.7 Å². The summed E-state index contributed by atoms with van der Waals surface area (Å²) in [5.41, 5.74) is 0.745. The van der Waals surface area contributed by atoms with Crippen LogP contribution in [0.5, 0.6) is 0 Å². The highest BCUT2D eigenvalue weighted by molar-refractivity contribution is 6.31. The summed E-state index contributed by atoms with van der Waals surface area (Å²) in [6.45, 7) is 0.167. The van der Waals surface area contributed by atoms with E-state index in [9.17, 15) is 9.50 Å². The lowest BCUT2D eigenvalue weighted by Crippen LogP contribution is -2.24. The molecule has 1 nitrogen and oxygen atoms in total. The predicted octanol–water partition coefficient (Wildman–Crippen LogP) is 3.57. The van der Waals surface area contributed by atoms with Gasteiger partial charge in [0.1, 0.15) is 5.82 Å². The minimum absolute atomic E-state index is 0.0720. The third-order valence-electron chi connectivity index (χ3n) is 3.60. The van der Waals surface area contributed by atoms with Gasteiger partial charge in [-0.2, -0.15) is 0 Å². The molecule has 1 aliphatic rings. The van der Waals surface area contributed by atoms with Gasteiger partial charge in [0.15, 0.2) is 0 Å². The van der Waals surface area contributed by atoms with Crippen molar-refractivity contribution in [3.05, 3.63) is 34.6 Å². The Morgan fingerprint density at radius 3 is 2.62 bits per heavy atom. The van der Waals surface area contributed by atoms with Gasteiger partial charge in [0, 0.05) is 6.61 Å². The number of hydrogen-bond donors (Lipinski definition) is 1. The molecule has 88 valence electrons. The zero-order chi connectivity index (χ0) is 11.6. The van der Waals surface area contributed by atoms with E-state index in [2.05, 4.69) is 0 Å². The van der Waals surface area contributed by atoms with Crippen molar-refractivity contribution in [3.8, 4) is 0 Å². The van der Waals surface area contributed by atoms with Crippen LogP contribution < -0.4 is 0 Å². The molecule has 0 unspecified atom stereocenters. The Kier molecular flexibility index (Phi) is 3.50. The molecule has 16 heavy (non-hydrogen) atoms. The van der Waals surface area contributed by atoms with Gasteiger partial charge in [-0.05, 0) is 36.3 Å². The average molecular weight is 243 g/mol. The van der Waals surface area contributed by atoms with Crippen LogP contribution in [0, 0.1) is 11.2 Å². The molecule has 1 aromatic rings. The fourth-order valence-electron chi connectivity index (χ4n) is 2.60. The molecule has 1 saturated carbocycles. The smallest absolute Gasteiger partial charge is 0.142 e. The first-order valence-corrected chi connectivity index (χ1v) is 6.08. The van der Waals surface area contributed by atoms with Crippen molar-refractivity contribution in [2.24, 2.45) is 5.41 Å². The van der Waals surface area contributed by atoms with Gasteiger partial charge < -0.3 is 5.11 Å². The molecular weight excluding hydrogens is 227 g/mol. The zero-order valence-corrected chi connectivity index (χ0v) is 9.93. The standard InChI is InChI=1S/C13H16ClFO/c14-12-10(4-3-5-11(12)15)8-13(9-16)6-1-2-7-13/h3-5,16H,1-2,6-9H2. The van der Waals surface area contributed by atoms with Crippen LogP contribution >= 0.6 is 11.6 Å². The summed E-state index contributed by atoms with van der Waals surface area (Å²) in [7, 11) is 0. The Balaban J connectivity index is 2.22. The minimum atomic E-state index is -0.370.